The molecule has 1 aliphatic rings. The number of amides is 3. The number of carbonyl (C=O) groups excluding carboxylic acids is 3. The first-order valence-electron chi connectivity index (χ1n) is 5.21. The minimum Gasteiger partial charge on any atom is -0.349 e. The highest BCUT2D eigenvalue weighted by Crippen LogP contribution is 2.04. The highest BCUT2D eigenvalue weighted by atomic mass is 16.2. The van der Waals surface area contributed by atoms with E-state index in [0.717, 1.165) is 4.90 Å². The van der Waals surface area contributed by atoms with E-state index < -0.39 is 0 Å². The second-order valence-electron chi connectivity index (χ2n) is 4.02. The van der Waals surface area contributed by atoms with E-state index in [2.05, 4.69) is 5.32 Å². The largest absolute Gasteiger partial charge is 0.349 e. The molecule has 1 rings (SSSR count). The first-order valence-corrected chi connectivity index (χ1v) is 5.21. The van der Waals surface area contributed by atoms with Crippen LogP contribution in [0.1, 0.15) is 13.3 Å². The Morgan fingerprint density at radius 3 is 2.69 bits per heavy atom. The summed E-state index contributed by atoms with van der Waals surface area (Å²) in [7, 11) is 3.29. The molecule has 1 aliphatic heterocycles. The smallest absolute Gasteiger partial charge is 0.246 e. The summed E-state index contributed by atoms with van der Waals surface area (Å²) in [5.74, 6) is -0.621. The third kappa shape index (κ3) is 2.79. The Labute approximate surface area is 94.6 Å². The van der Waals surface area contributed by atoms with E-state index in [4.69, 9.17) is 0 Å². The van der Waals surface area contributed by atoms with Crippen LogP contribution in [0.2, 0.25) is 0 Å². The molecule has 1 N–H and O–H groups in total. The SMILES string of the molecule is CC1NCC(=O)N(CCC(=O)N(C)C)C1=O. The minimum absolute atomic E-state index is 0.0909. The molecular weight excluding hydrogens is 210 g/mol. The number of carbonyl (C=O) groups is 3. The van der Waals surface area contributed by atoms with Gasteiger partial charge in [0.1, 0.15) is 0 Å². The quantitative estimate of drug-likeness (QED) is 0.616. The van der Waals surface area contributed by atoms with Gasteiger partial charge in [0.25, 0.3) is 0 Å². The van der Waals surface area contributed by atoms with Crippen LogP contribution in [0.25, 0.3) is 0 Å². The van der Waals surface area contributed by atoms with Crippen molar-refractivity contribution in [3.8, 4) is 0 Å². The van der Waals surface area contributed by atoms with Gasteiger partial charge in [-0.3, -0.25) is 24.6 Å². The molecule has 0 aromatic heterocycles. The Kier molecular flexibility index (Phi) is 4.00. The van der Waals surface area contributed by atoms with E-state index in [-0.39, 0.29) is 43.3 Å². The maximum Gasteiger partial charge on any atom is 0.246 e. The summed E-state index contributed by atoms with van der Waals surface area (Å²) < 4.78 is 0. The lowest BCUT2D eigenvalue weighted by atomic mass is 10.2. The van der Waals surface area contributed by atoms with Crippen LogP contribution in [0.3, 0.4) is 0 Å². The molecule has 1 heterocycles. The molecule has 1 atom stereocenters. The van der Waals surface area contributed by atoms with Crippen LogP contribution < -0.4 is 5.32 Å². The van der Waals surface area contributed by atoms with Gasteiger partial charge >= 0.3 is 0 Å². The molecule has 0 aliphatic carbocycles. The van der Waals surface area contributed by atoms with Crippen molar-refractivity contribution >= 4 is 17.7 Å². The van der Waals surface area contributed by atoms with E-state index >= 15 is 0 Å². The highest BCUT2D eigenvalue weighted by Gasteiger charge is 2.31. The van der Waals surface area contributed by atoms with Crippen molar-refractivity contribution in [1.29, 1.82) is 0 Å². The van der Waals surface area contributed by atoms with Gasteiger partial charge in [0.15, 0.2) is 0 Å². The van der Waals surface area contributed by atoms with E-state index in [9.17, 15) is 14.4 Å². The molecule has 6 heteroatoms. The number of piperazine rings is 1. The summed E-state index contributed by atoms with van der Waals surface area (Å²) in [5, 5.41) is 2.79. The van der Waals surface area contributed by atoms with Gasteiger partial charge in [-0.2, -0.15) is 0 Å². The van der Waals surface area contributed by atoms with E-state index in [1.54, 1.807) is 21.0 Å². The van der Waals surface area contributed by atoms with Crippen LogP contribution in [0.4, 0.5) is 0 Å². The lowest BCUT2D eigenvalue weighted by Gasteiger charge is -2.29. The van der Waals surface area contributed by atoms with E-state index in [0.29, 0.717) is 0 Å². The zero-order valence-electron chi connectivity index (χ0n) is 9.82. The van der Waals surface area contributed by atoms with Crippen LogP contribution in [0, 0.1) is 0 Å². The van der Waals surface area contributed by atoms with Gasteiger partial charge in [0, 0.05) is 27.1 Å². The molecule has 6 nitrogen and oxygen atoms in total. The van der Waals surface area contributed by atoms with Gasteiger partial charge in [-0.15, -0.1) is 0 Å². The molecule has 1 fully saturated rings. The lowest BCUT2D eigenvalue weighted by Crippen LogP contribution is -2.57. The molecule has 0 aromatic carbocycles. The van der Waals surface area contributed by atoms with Crippen molar-refractivity contribution < 1.29 is 14.4 Å². The van der Waals surface area contributed by atoms with Crippen molar-refractivity contribution in [1.82, 2.24) is 15.1 Å². The molecule has 3 amide bonds. The molecule has 0 radical (unpaired) electrons. The topological polar surface area (TPSA) is 69.7 Å². The average molecular weight is 227 g/mol. The van der Waals surface area contributed by atoms with Crippen molar-refractivity contribution in [2.24, 2.45) is 0 Å². The maximum absolute atomic E-state index is 11.6. The summed E-state index contributed by atoms with van der Waals surface area (Å²) in [6.07, 6.45) is 0.178. The maximum atomic E-state index is 11.6. The highest BCUT2D eigenvalue weighted by molar-refractivity contribution is 6.01. The van der Waals surface area contributed by atoms with Gasteiger partial charge in [-0.1, -0.05) is 0 Å². The first-order chi connectivity index (χ1) is 7.43. The van der Waals surface area contributed by atoms with Gasteiger partial charge in [0.2, 0.25) is 17.7 Å². The van der Waals surface area contributed by atoms with E-state index in [1.807, 2.05) is 0 Å². The van der Waals surface area contributed by atoms with Crippen LogP contribution in [0.15, 0.2) is 0 Å². The second kappa shape index (κ2) is 5.07. The van der Waals surface area contributed by atoms with E-state index in [1.165, 1.54) is 4.90 Å². The van der Waals surface area contributed by atoms with Crippen molar-refractivity contribution in [2.45, 2.75) is 19.4 Å². The number of nitrogens with zero attached hydrogens (tertiary/aromatic N) is 2. The number of hydrogen-bond donors (Lipinski definition) is 1. The predicted molar refractivity (Wildman–Crippen MR) is 57.5 cm³/mol. The van der Waals surface area contributed by atoms with Crippen molar-refractivity contribution in [3.05, 3.63) is 0 Å². The monoisotopic (exact) mass is 227 g/mol. The Bertz CT molecular complexity index is 314. The fraction of sp³-hybridized carbons (Fsp3) is 0.700. The molecule has 1 unspecified atom stereocenters. The summed E-state index contributed by atoms with van der Waals surface area (Å²) >= 11 is 0. The average Bonchev–Trinajstić information content (AvgIpc) is 2.23. The number of hydrogen-bond acceptors (Lipinski definition) is 4. The second-order valence-corrected chi connectivity index (χ2v) is 4.02. The zero-order valence-corrected chi connectivity index (χ0v) is 9.82. The standard InChI is InChI=1S/C10H17N3O3/c1-7-10(16)13(9(15)6-11-7)5-4-8(14)12(2)3/h7,11H,4-6H2,1-3H3. The normalized spacial score (nSPS) is 21.2. The molecule has 0 bridgehead atoms. The Morgan fingerprint density at radius 2 is 2.12 bits per heavy atom. The summed E-state index contributed by atoms with van der Waals surface area (Å²) in [5.41, 5.74) is 0. The molecule has 0 spiro atoms. The van der Waals surface area contributed by atoms with Gasteiger partial charge in [-0.25, -0.2) is 0 Å². The molecular formula is C10H17N3O3. The molecule has 0 aromatic rings. The van der Waals surface area contributed by atoms with Crippen LogP contribution in [-0.2, 0) is 14.4 Å². The fourth-order valence-electron chi connectivity index (χ4n) is 1.45. The van der Waals surface area contributed by atoms with Gasteiger partial charge in [-0.05, 0) is 6.92 Å². The lowest BCUT2D eigenvalue weighted by molar-refractivity contribution is -0.149. The third-order valence-electron chi connectivity index (χ3n) is 2.55. The molecule has 1 saturated heterocycles. The first kappa shape index (κ1) is 12.6. The number of rotatable bonds is 3. The third-order valence-corrected chi connectivity index (χ3v) is 2.55. The predicted octanol–water partition coefficient (Wildman–Crippen LogP) is -1.19. The fourth-order valence-corrected chi connectivity index (χ4v) is 1.45. The zero-order chi connectivity index (χ0) is 12.3. The van der Waals surface area contributed by atoms with Crippen LogP contribution in [-0.4, -0.2) is 60.7 Å². The Hall–Kier alpha value is -1.43. The van der Waals surface area contributed by atoms with Crippen molar-refractivity contribution in [3.63, 3.8) is 0 Å². The molecule has 0 saturated carbocycles. The Balaban J connectivity index is 2.54. The molecule has 90 valence electrons. The van der Waals surface area contributed by atoms with Gasteiger partial charge in [0.05, 0.1) is 12.6 Å². The number of nitrogens with one attached hydrogen (secondary N) is 1. The number of imide groups is 1. The summed E-state index contributed by atoms with van der Waals surface area (Å²) in [4.78, 5) is 37.0. The summed E-state index contributed by atoms with van der Waals surface area (Å²) in [6.45, 7) is 2.03. The van der Waals surface area contributed by atoms with Crippen LogP contribution in [0.5, 0.6) is 0 Å². The Morgan fingerprint density at radius 1 is 1.50 bits per heavy atom. The van der Waals surface area contributed by atoms with Crippen LogP contribution >= 0.6 is 0 Å². The molecule has 16 heavy (non-hydrogen) atoms. The summed E-state index contributed by atoms with van der Waals surface area (Å²) in [6, 6.07) is -0.354. The van der Waals surface area contributed by atoms with Crippen molar-refractivity contribution in [2.75, 3.05) is 27.2 Å². The van der Waals surface area contributed by atoms with Gasteiger partial charge < -0.3 is 4.90 Å². The minimum atomic E-state index is -0.354.